The third-order valence-electron chi connectivity index (χ3n) is 3.52. The van der Waals surface area contributed by atoms with E-state index in [0.717, 1.165) is 32.6 Å². The Morgan fingerprint density at radius 1 is 1.15 bits per heavy atom. The minimum Gasteiger partial charge on any atom is -0.493 e. The third kappa shape index (κ3) is 4.08. The van der Waals surface area contributed by atoms with Crippen molar-refractivity contribution in [1.82, 2.24) is 4.90 Å². The van der Waals surface area contributed by atoms with E-state index in [1.54, 1.807) is 7.11 Å². The molecule has 0 unspecified atom stereocenters. The topological polar surface area (TPSA) is 24.9 Å². The molecule has 5 heteroatoms. The van der Waals surface area contributed by atoms with Crippen LogP contribution in [0.4, 0.5) is 10.1 Å². The van der Waals surface area contributed by atoms with E-state index in [2.05, 4.69) is 16.8 Å². The average Bonchev–Trinajstić information content (AvgIpc) is 2.45. The average molecular weight is 282 g/mol. The van der Waals surface area contributed by atoms with Crippen molar-refractivity contribution in [2.24, 2.45) is 0 Å². The molecule has 20 heavy (non-hydrogen) atoms. The Kier molecular flexibility index (Phi) is 5.61. The molecule has 1 aromatic rings. The van der Waals surface area contributed by atoms with Crippen molar-refractivity contribution in [3.8, 4) is 5.75 Å². The summed E-state index contributed by atoms with van der Waals surface area (Å²) in [5.74, 6) is 0.371. The SMILES string of the molecule is COCCCOc1ccc(N2CCN(C)CC2)c(F)c1. The lowest BCUT2D eigenvalue weighted by molar-refractivity contribution is 0.172. The first-order chi connectivity index (χ1) is 9.70. The molecule has 1 heterocycles. The molecule has 0 N–H and O–H groups in total. The van der Waals surface area contributed by atoms with Crippen LogP contribution >= 0.6 is 0 Å². The molecule has 1 fully saturated rings. The van der Waals surface area contributed by atoms with Gasteiger partial charge in [0.2, 0.25) is 0 Å². The molecule has 0 aromatic heterocycles. The van der Waals surface area contributed by atoms with E-state index >= 15 is 0 Å². The molecule has 1 aliphatic heterocycles. The van der Waals surface area contributed by atoms with Gasteiger partial charge in [-0.2, -0.15) is 0 Å². The number of halogens is 1. The van der Waals surface area contributed by atoms with Crippen LogP contribution in [-0.2, 0) is 4.74 Å². The van der Waals surface area contributed by atoms with Gasteiger partial charge in [0.15, 0.2) is 0 Å². The van der Waals surface area contributed by atoms with Gasteiger partial charge in [-0.1, -0.05) is 0 Å². The van der Waals surface area contributed by atoms with Crippen molar-refractivity contribution in [2.75, 3.05) is 58.5 Å². The van der Waals surface area contributed by atoms with Crippen molar-refractivity contribution >= 4 is 5.69 Å². The lowest BCUT2D eigenvalue weighted by Gasteiger charge is -2.34. The molecule has 0 spiro atoms. The molecule has 1 aromatic carbocycles. The van der Waals surface area contributed by atoms with Crippen molar-refractivity contribution in [1.29, 1.82) is 0 Å². The molecule has 0 radical (unpaired) electrons. The third-order valence-corrected chi connectivity index (χ3v) is 3.52. The monoisotopic (exact) mass is 282 g/mol. The smallest absolute Gasteiger partial charge is 0.150 e. The predicted octanol–water partition coefficient (Wildman–Crippen LogP) is 1.99. The van der Waals surface area contributed by atoms with E-state index in [4.69, 9.17) is 9.47 Å². The first-order valence-corrected chi connectivity index (χ1v) is 7.05. The fraction of sp³-hybridized carbons (Fsp3) is 0.600. The van der Waals surface area contributed by atoms with Gasteiger partial charge in [-0.25, -0.2) is 4.39 Å². The zero-order valence-electron chi connectivity index (χ0n) is 12.3. The molecular formula is C15H23FN2O2. The number of ether oxygens (including phenoxy) is 2. The largest absolute Gasteiger partial charge is 0.493 e. The van der Waals surface area contributed by atoms with Crippen LogP contribution in [-0.4, -0.2) is 58.5 Å². The van der Waals surface area contributed by atoms with E-state index in [0.29, 0.717) is 24.7 Å². The fourth-order valence-electron chi connectivity index (χ4n) is 2.27. The van der Waals surface area contributed by atoms with Gasteiger partial charge in [0.1, 0.15) is 11.6 Å². The van der Waals surface area contributed by atoms with Crippen molar-refractivity contribution < 1.29 is 13.9 Å². The Labute approximate surface area is 120 Å². The minimum absolute atomic E-state index is 0.209. The normalized spacial score (nSPS) is 16.4. The maximum Gasteiger partial charge on any atom is 0.150 e. The standard InChI is InChI=1S/C15H23FN2O2/c1-17-6-8-18(9-7-17)15-5-4-13(12-14(15)16)20-11-3-10-19-2/h4-5,12H,3,6-11H2,1-2H3. The summed E-state index contributed by atoms with van der Waals surface area (Å²) >= 11 is 0. The summed E-state index contributed by atoms with van der Waals surface area (Å²) in [4.78, 5) is 4.34. The van der Waals surface area contributed by atoms with E-state index in [-0.39, 0.29) is 5.82 Å². The predicted molar refractivity (Wildman–Crippen MR) is 78.1 cm³/mol. The zero-order valence-corrected chi connectivity index (χ0v) is 12.3. The second-order valence-corrected chi connectivity index (χ2v) is 5.10. The van der Waals surface area contributed by atoms with Gasteiger partial charge < -0.3 is 19.3 Å². The van der Waals surface area contributed by atoms with Crippen LogP contribution in [0.15, 0.2) is 18.2 Å². The Morgan fingerprint density at radius 3 is 2.55 bits per heavy atom. The molecule has 4 nitrogen and oxygen atoms in total. The molecule has 0 atom stereocenters. The highest BCUT2D eigenvalue weighted by molar-refractivity contribution is 5.51. The Hall–Kier alpha value is -1.33. The first-order valence-electron chi connectivity index (χ1n) is 7.05. The van der Waals surface area contributed by atoms with Gasteiger partial charge in [-0.15, -0.1) is 0 Å². The quantitative estimate of drug-likeness (QED) is 0.745. The molecular weight excluding hydrogens is 259 g/mol. The Morgan fingerprint density at radius 2 is 1.90 bits per heavy atom. The second-order valence-electron chi connectivity index (χ2n) is 5.10. The second kappa shape index (κ2) is 7.45. The van der Waals surface area contributed by atoms with Crippen LogP contribution in [0.1, 0.15) is 6.42 Å². The number of rotatable bonds is 6. The van der Waals surface area contributed by atoms with Crippen LogP contribution in [0.2, 0.25) is 0 Å². The number of hydrogen-bond donors (Lipinski definition) is 0. The highest BCUT2D eigenvalue weighted by Gasteiger charge is 2.17. The van der Waals surface area contributed by atoms with E-state index in [1.807, 2.05) is 12.1 Å². The summed E-state index contributed by atoms with van der Waals surface area (Å²) in [5.41, 5.74) is 0.669. The van der Waals surface area contributed by atoms with Crippen LogP contribution < -0.4 is 9.64 Å². The van der Waals surface area contributed by atoms with Gasteiger partial charge in [0.05, 0.1) is 12.3 Å². The summed E-state index contributed by atoms with van der Waals surface area (Å²) in [7, 11) is 3.75. The van der Waals surface area contributed by atoms with E-state index < -0.39 is 0 Å². The lowest BCUT2D eigenvalue weighted by atomic mass is 10.2. The number of benzene rings is 1. The first kappa shape index (κ1) is 15.1. The molecule has 1 saturated heterocycles. The number of nitrogens with zero attached hydrogens (tertiary/aromatic N) is 2. The molecule has 112 valence electrons. The van der Waals surface area contributed by atoms with Gasteiger partial charge in [-0.3, -0.25) is 0 Å². The van der Waals surface area contributed by atoms with Gasteiger partial charge in [0, 0.05) is 52.4 Å². The van der Waals surface area contributed by atoms with Crippen molar-refractivity contribution in [3.63, 3.8) is 0 Å². The van der Waals surface area contributed by atoms with Crippen molar-refractivity contribution in [2.45, 2.75) is 6.42 Å². The Balaban J connectivity index is 1.92. The zero-order chi connectivity index (χ0) is 14.4. The molecule has 2 rings (SSSR count). The molecule has 0 aliphatic carbocycles. The number of anilines is 1. The summed E-state index contributed by atoms with van der Waals surface area (Å²) in [6.45, 7) is 4.86. The number of piperazine rings is 1. The number of hydrogen-bond acceptors (Lipinski definition) is 4. The van der Waals surface area contributed by atoms with Crippen LogP contribution in [0.5, 0.6) is 5.75 Å². The summed E-state index contributed by atoms with van der Waals surface area (Å²) in [6.07, 6.45) is 0.804. The maximum atomic E-state index is 14.1. The van der Waals surface area contributed by atoms with E-state index in [9.17, 15) is 4.39 Å². The van der Waals surface area contributed by atoms with Gasteiger partial charge in [0.25, 0.3) is 0 Å². The number of likely N-dealkylation sites (N-methyl/N-ethyl adjacent to an activating group) is 1. The maximum absolute atomic E-state index is 14.1. The summed E-state index contributed by atoms with van der Waals surface area (Å²) in [6, 6.07) is 5.12. The lowest BCUT2D eigenvalue weighted by Crippen LogP contribution is -2.44. The van der Waals surface area contributed by atoms with Crippen molar-refractivity contribution in [3.05, 3.63) is 24.0 Å². The number of methoxy groups -OCH3 is 1. The van der Waals surface area contributed by atoms with Crippen LogP contribution in [0.25, 0.3) is 0 Å². The highest BCUT2D eigenvalue weighted by atomic mass is 19.1. The summed E-state index contributed by atoms with van der Waals surface area (Å²) < 4.78 is 24.6. The van der Waals surface area contributed by atoms with Crippen LogP contribution in [0.3, 0.4) is 0 Å². The molecule has 1 aliphatic rings. The van der Waals surface area contributed by atoms with Gasteiger partial charge >= 0.3 is 0 Å². The van der Waals surface area contributed by atoms with Gasteiger partial charge in [-0.05, 0) is 19.2 Å². The highest BCUT2D eigenvalue weighted by Crippen LogP contribution is 2.25. The minimum atomic E-state index is -0.209. The molecule has 0 bridgehead atoms. The van der Waals surface area contributed by atoms with Crippen LogP contribution in [0, 0.1) is 5.82 Å². The molecule has 0 saturated carbocycles. The van der Waals surface area contributed by atoms with E-state index in [1.165, 1.54) is 6.07 Å². The fourth-order valence-corrected chi connectivity index (χ4v) is 2.27. The summed E-state index contributed by atoms with van der Waals surface area (Å²) in [5, 5.41) is 0. The Bertz CT molecular complexity index is 420. The molecule has 0 amide bonds.